The zero-order valence-corrected chi connectivity index (χ0v) is 19.5. The number of likely N-dealkylation sites (tertiary alicyclic amines) is 1. The summed E-state index contributed by atoms with van der Waals surface area (Å²) in [6, 6.07) is 14.3. The highest BCUT2D eigenvalue weighted by atomic mass is 32.1. The Hall–Kier alpha value is -2.93. The molecule has 170 valence electrons. The highest BCUT2D eigenvalue weighted by molar-refractivity contribution is 7.80. The molecule has 0 saturated carbocycles. The van der Waals surface area contributed by atoms with Crippen LogP contribution in [0.4, 0.5) is 5.69 Å². The Morgan fingerprint density at radius 2 is 1.59 bits per heavy atom. The van der Waals surface area contributed by atoms with Gasteiger partial charge in [-0.1, -0.05) is 51.0 Å². The first kappa shape index (κ1) is 23.7. The maximum Gasteiger partial charge on any atom is 0.261 e. The van der Waals surface area contributed by atoms with E-state index < -0.39 is 0 Å². The Labute approximate surface area is 195 Å². The minimum absolute atomic E-state index is 0.0171. The zero-order chi connectivity index (χ0) is 22.9. The molecule has 0 radical (unpaired) electrons. The number of hydrogen-bond donors (Lipinski definition) is 2. The number of carbonyl (C=O) groups excluding carboxylic acids is 2. The summed E-state index contributed by atoms with van der Waals surface area (Å²) in [6.45, 7) is 6.14. The van der Waals surface area contributed by atoms with E-state index in [0.29, 0.717) is 35.1 Å². The van der Waals surface area contributed by atoms with Crippen LogP contribution < -0.4 is 15.4 Å². The number of para-hydroxylation sites is 2. The quantitative estimate of drug-likeness (QED) is 0.611. The molecule has 0 bridgehead atoms. The minimum Gasteiger partial charge on any atom is -0.492 e. The molecular formula is C25H31N3O3S. The molecule has 0 unspecified atom stereocenters. The van der Waals surface area contributed by atoms with Gasteiger partial charge in [0.2, 0.25) is 0 Å². The zero-order valence-electron chi connectivity index (χ0n) is 18.7. The van der Waals surface area contributed by atoms with E-state index in [9.17, 15) is 9.59 Å². The predicted octanol–water partition coefficient (Wildman–Crippen LogP) is 4.86. The fourth-order valence-electron chi connectivity index (χ4n) is 3.58. The van der Waals surface area contributed by atoms with E-state index >= 15 is 0 Å². The molecule has 1 fully saturated rings. The topological polar surface area (TPSA) is 70.7 Å². The van der Waals surface area contributed by atoms with Gasteiger partial charge in [0, 0.05) is 13.1 Å². The van der Waals surface area contributed by atoms with Crippen molar-refractivity contribution in [2.45, 2.75) is 39.5 Å². The number of anilines is 1. The molecule has 1 aliphatic heterocycles. The number of nitrogens with zero attached hydrogens (tertiary/aromatic N) is 1. The first-order chi connectivity index (χ1) is 15.5. The van der Waals surface area contributed by atoms with Gasteiger partial charge in [0.15, 0.2) is 5.11 Å². The molecule has 2 aromatic rings. The predicted molar refractivity (Wildman–Crippen MR) is 131 cm³/mol. The standard InChI is InChI=1S/C25H31N3O3S/c1-18(2)17-31-22-14-8-6-12-20(22)23(29)27-25(32)26-21-13-7-5-11-19(21)24(30)28-15-9-3-4-10-16-28/h5-8,11-14,18H,3-4,9-10,15-17H2,1-2H3,(H2,26,27,29,32). The van der Waals surface area contributed by atoms with Crippen molar-refractivity contribution in [3.63, 3.8) is 0 Å². The third-order valence-electron chi connectivity index (χ3n) is 5.23. The maximum atomic E-state index is 13.1. The van der Waals surface area contributed by atoms with Gasteiger partial charge in [-0.25, -0.2) is 0 Å². The Balaban J connectivity index is 1.68. The lowest BCUT2D eigenvalue weighted by Gasteiger charge is -2.22. The molecule has 0 aliphatic carbocycles. The molecule has 1 heterocycles. The largest absolute Gasteiger partial charge is 0.492 e. The second kappa shape index (κ2) is 11.6. The van der Waals surface area contributed by atoms with Gasteiger partial charge in [0.05, 0.1) is 23.4 Å². The second-order valence-electron chi connectivity index (χ2n) is 8.36. The average molecular weight is 454 g/mol. The van der Waals surface area contributed by atoms with Crippen LogP contribution in [-0.2, 0) is 0 Å². The van der Waals surface area contributed by atoms with E-state index in [1.54, 1.807) is 30.3 Å². The fourth-order valence-corrected chi connectivity index (χ4v) is 3.79. The Morgan fingerprint density at radius 3 is 2.28 bits per heavy atom. The normalized spacial score (nSPS) is 13.9. The molecule has 6 nitrogen and oxygen atoms in total. The van der Waals surface area contributed by atoms with Crippen molar-refractivity contribution in [3.05, 3.63) is 59.7 Å². The van der Waals surface area contributed by atoms with Gasteiger partial charge in [-0.3, -0.25) is 14.9 Å². The molecule has 32 heavy (non-hydrogen) atoms. The van der Waals surface area contributed by atoms with E-state index in [2.05, 4.69) is 10.6 Å². The Bertz CT molecular complexity index is 953. The van der Waals surface area contributed by atoms with Crippen LogP contribution >= 0.6 is 12.2 Å². The van der Waals surface area contributed by atoms with Crippen molar-refractivity contribution in [2.75, 3.05) is 25.0 Å². The number of thiocarbonyl (C=S) groups is 1. The van der Waals surface area contributed by atoms with E-state index in [-0.39, 0.29) is 16.9 Å². The van der Waals surface area contributed by atoms with Crippen LogP contribution in [-0.4, -0.2) is 41.5 Å². The number of carbonyl (C=O) groups is 2. The van der Waals surface area contributed by atoms with E-state index in [0.717, 1.165) is 38.8 Å². The minimum atomic E-state index is -0.363. The smallest absolute Gasteiger partial charge is 0.261 e. The molecule has 2 N–H and O–H groups in total. The van der Waals surface area contributed by atoms with E-state index in [1.807, 2.05) is 36.9 Å². The van der Waals surface area contributed by atoms with Crippen LogP contribution in [0.3, 0.4) is 0 Å². The van der Waals surface area contributed by atoms with Crippen LogP contribution in [0.1, 0.15) is 60.2 Å². The molecule has 0 atom stereocenters. The van der Waals surface area contributed by atoms with Crippen LogP contribution in [0.25, 0.3) is 0 Å². The van der Waals surface area contributed by atoms with E-state index in [1.165, 1.54) is 0 Å². The van der Waals surface area contributed by atoms with Crippen molar-refractivity contribution in [2.24, 2.45) is 5.92 Å². The van der Waals surface area contributed by atoms with Crippen LogP contribution in [0.5, 0.6) is 5.75 Å². The van der Waals surface area contributed by atoms with Crippen LogP contribution in [0, 0.1) is 5.92 Å². The molecule has 7 heteroatoms. The Kier molecular flexibility index (Phi) is 8.62. The molecule has 2 aromatic carbocycles. The van der Waals surface area contributed by atoms with Crippen molar-refractivity contribution in [1.29, 1.82) is 0 Å². The first-order valence-corrected chi connectivity index (χ1v) is 11.6. The van der Waals surface area contributed by atoms with Crippen molar-refractivity contribution >= 4 is 34.8 Å². The molecular weight excluding hydrogens is 422 g/mol. The summed E-state index contributed by atoms with van der Waals surface area (Å²) in [6.07, 6.45) is 4.35. The summed E-state index contributed by atoms with van der Waals surface area (Å²) in [4.78, 5) is 27.8. The van der Waals surface area contributed by atoms with Gasteiger partial charge < -0.3 is 15.0 Å². The molecule has 1 saturated heterocycles. The van der Waals surface area contributed by atoms with Gasteiger partial charge in [-0.15, -0.1) is 0 Å². The summed E-state index contributed by atoms with van der Waals surface area (Å²) in [5.41, 5.74) is 1.54. The molecule has 0 aromatic heterocycles. The van der Waals surface area contributed by atoms with Crippen molar-refractivity contribution in [1.82, 2.24) is 10.2 Å². The fraction of sp³-hybridized carbons (Fsp3) is 0.400. The molecule has 1 aliphatic rings. The van der Waals surface area contributed by atoms with Crippen LogP contribution in [0.15, 0.2) is 48.5 Å². The maximum absolute atomic E-state index is 13.1. The molecule has 2 amide bonds. The van der Waals surface area contributed by atoms with Gasteiger partial charge in [-0.05, 0) is 55.2 Å². The third-order valence-corrected chi connectivity index (χ3v) is 5.43. The van der Waals surface area contributed by atoms with Crippen LogP contribution in [0.2, 0.25) is 0 Å². The number of amides is 2. The number of hydrogen-bond acceptors (Lipinski definition) is 4. The SMILES string of the molecule is CC(C)COc1ccccc1C(=O)NC(=S)Nc1ccccc1C(=O)N1CCCCCC1. The molecule has 3 rings (SSSR count). The van der Waals surface area contributed by atoms with Gasteiger partial charge >= 0.3 is 0 Å². The highest BCUT2D eigenvalue weighted by Gasteiger charge is 2.21. The monoisotopic (exact) mass is 453 g/mol. The number of rotatable bonds is 6. The summed E-state index contributed by atoms with van der Waals surface area (Å²) in [7, 11) is 0. The van der Waals surface area contributed by atoms with Gasteiger partial charge in [-0.2, -0.15) is 0 Å². The summed E-state index contributed by atoms with van der Waals surface area (Å²) in [5, 5.41) is 5.86. The lowest BCUT2D eigenvalue weighted by Crippen LogP contribution is -2.36. The third kappa shape index (κ3) is 6.53. The molecule has 0 spiro atoms. The summed E-state index contributed by atoms with van der Waals surface area (Å²) in [5.74, 6) is 0.472. The van der Waals surface area contributed by atoms with Gasteiger partial charge in [0.25, 0.3) is 11.8 Å². The Morgan fingerprint density at radius 1 is 0.969 bits per heavy atom. The average Bonchev–Trinajstić information content (AvgIpc) is 3.07. The van der Waals surface area contributed by atoms with Crippen molar-refractivity contribution in [3.8, 4) is 5.75 Å². The van der Waals surface area contributed by atoms with E-state index in [4.69, 9.17) is 17.0 Å². The summed E-state index contributed by atoms with van der Waals surface area (Å²) < 4.78 is 5.77. The number of ether oxygens (including phenoxy) is 1. The van der Waals surface area contributed by atoms with Crippen molar-refractivity contribution < 1.29 is 14.3 Å². The second-order valence-corrected chi connectivity index (χ2v) is 8.77. The summed E-state index contributed by atoms with van der Waals surface area (Å²) >= 11 is 5.38. The van der Waals surface area contributed by atoms with Gasteiger partial charge in [0.1, 0.15) is 5.75 Å². The number of nitrogens with one attached hydrogen (secondary N) is 2. The first-order valence-electron chi connectivity index (χ1n) is 11.2. The number of benzene rings is 2. The highest BCUT2D eigenvalue weighted by Crippen LogP contribution is 2.21. The lowest BCUT2D eigenvalue weighted by atomic mass is 10.1. The lowest BCUT2D eigenvalue weighted by molar-refractivity contribution is 0.0762.